The van der Waals surface area contributed by atoms with Crippen LogP contribution in [0.15, 0.2) is 42.5 Å². The summed E-state index contributed by atoms with van der Waals surface area (Å²) in [4.78, 5) is 2.39. The van der Waals surface area contributed by atoms with E-state index in [4.69, 9.17) is 5.73 Å². The van der Waals surface area contributed by atoms with Crippen LogP contribution in [0, 0.1) is 5.92 Å². The standard InChI is InChI=1S/C18H24N2/c1-20(12-14-5-4-6-14)13-18(19)17-10-9-15-7-2-3-8-16(15)11-17/h2-3,7-11,14,18H,4-6,12-13,19H2,1H3. The molecule has 106 valence electrons. The van der Waals surface area contributed by atoms with E-state index in [1.165, 1.54) is 42.1 Å². The molecule has 0 saturated heterocycles. The Morgan fingerprint density at radius 3 is 2.60 bits per heavy atom. The Morgan fingerprint density at radius 1 is 1.15 bits per heavy atom. The first kappa shape index (κ1) is 13.6. The van der Waals surface area contributed by atoms with Gasteiger partial charge >= 0.3 is 0 Å². The lowest BCUT2D eigenvalue weighted by Crippen LogP contribution is -2.34. The van der Waals surface area contributed by atoms with Crippen molar-refractivity contribution in [2.45, 2.75) is 25.3 Å². The fourth-order valence-corrected chi connectivity index (χ4v) is 3.07. The van der Waals surface area contributed by atoms with Crippen LogP contribution >= 0.6 is 0 Å². The second kappa shape index (κ2) is 5.94. The van der Waals surface area contributed by atoms with Gasteiger partial charge in [-0.25, -0.2) is 0 Å². The van der Waals surface area contributed by atoms with Crippen LogP contribution in [-0.2, 0) is 0 Å². The molecular formula is C18H24N2. The van der Waals surface area contributed by atoms with Crippen molar-refractivity contribution >= 4 is 10.8 Å². The van der Waals surface area contributed by atoms with E-state index in [0.717, 1.165) is 12.5 Å². The molecule has 2 nitrogen and oxygen atoms in total. The highest BCUT2D eigenvalue weighted by molar-refractivity contribution is 5.83. The summed E-state index contributed by atoms with van der Waals surface area (Å²) in [6, 6.07) is 15.1. The summed E-state index contributed by atoms with van der Waals surface area (Å²) >= 11 is 0. The van der Waals surface area contributed by atoms with Gasteiger partial charge in [0.05, 0.1) is 0 Å². The lowest BCUT2D eigenvalue weighted by Gasteiger charge is -2.31. The summed E-state index contributed by atoms with van der Waals surface area (Å²) < 4.78 is 0. The Hall–Kier alpha value is -1.38. The maximum atomic E-state index is 6.38. The summed E-state index contributed by atoms with van der Waals surface area (Å²) in [5.74, 6) is 0.906. The zero-order valence-corrected chi connectivity index (χ0v) is 12.3. The highest BCUT2D eigenvalue weighted by Crippen LogP contribution is 2.27. The van der Waals surface area contributed by atoms with Gasteiger partial charge in [0.25, 0.3) is 0 Å². The van der Waals surface area contributed by atoms with Gasteiger partial charge in [0, 0.05) is 19.1 Å². The quantitative estimate of drug-likeness (QED) is 0.898. The lowest BCUT2D eigenvalue weighted by molar-refractivity contribution is 0.198. The molecule has 0 radical (unpaired) electrons. The van der Waals surface area contributed by atoms with Crippen molar-refractivity contribution in [2.75, 3.05) is 20.1 Å². The van der Waals surface area contributed by atoms with E-state index in [2.05, 4.69) is 54.4 Å². The van der Waals surface area contributed by atoms with Crippen molar-refractivity contribution in [3.05, 3.63) is 48.0 Å². The van der Waals surface area contributed by atoms with Crippen molar-refractivity contribution in [2.24, 2.45) is 11.7 Å². The molecule has 0 amide bonds. The Morgan fingerprint density at radius 2 is 1.90 bits per heavy atom. The summed E-state index contributed by atoms with van der Waals surface area (Å²) in [7, 11) is 2.19. The third-order valence-electron chi connectivity index (χ3n) is 4.50. The fraction of sp³-hybridized carbons (Fsp3) is 0.444. The van der Waals surface area contributed by atoms with Crippen LogP contribution in [0.1, 0.15) is 30.9 Å². The first-order valence-corrected chi connectivity index (χ1v) is 7.65. The monoisotopic (exact) mass is 268 g/mol. The van der Waals surface area contributed by atoms with Gasteiger partial charge in [-0.15, -0.1) is 0 Å². The highest BCUT2D eigenvalue weighted by Gasteiger charge is 2.20. The number of fused-ring (bicyclic) bond motifs is 1. The maximum absolute atomic E-state index is 6.38. The van der Waals surface area contributed by atoms with Gasteiger partial charge < -0.3 is 10.6 Å². The number of nitrogens with zero attached hydrogens (tertiary/aromatic N) is 1. The molecule has 1 fully saturated rings. The highest BCUT2D eigenvalue weighted by atomic mass is 15.1. The molecule has 0 bridgehead atoms. The predicted octanol–water partition coefficient (Wildman–Crippen LogP) is 3.57. The molecule has 1 aliphatic carbocycles. The van der Waals surface area contributed by atoms with E-state index in [-0.39, 0.29) is 6.04 Å². The first-order valence-electron chi connectivity index (χ1n) is 7.65. The van der Waals surface area contributed by atoms with E-state index < -0.39 is 0 Å². The second-order valence-corrected chi connectivity index (χ2v) is 6.23. The van der Waals surface area contributed by atoms with E-state index in [1.807, 2.05) is 0 Å². The van der Waals surface area contributed by atoms with Crippen LogP contribution in [0.4, 0.5) is 0 Å². The zero-order valence-electron chi connectivity index (χ0n) is 12.3. The lowest BCUT2D eigenvalue weighted by atomic mass is 9.85. The minimum Gasteiger partial charge on any atom is -0.323 e. The average Bonchev–Trinajstić information content (AvgIpc) is 2.42. The van der Waals surface area contributed by atoms with Gasteiger partial charge in [0.1, 0.15) is 0 Å². The molecule has 0 aliphatic heterocycles. The van der Waals surface area contributed by atoms with Crippen LogP contribution < -0.4 is 5.73 Å². The summed E-state index contributed by atoms with van der Waals surface area (Å²) in [5, 5.41) is 2.56. The zero-order chi connectivity index (χ0) is 13.9. The van der Waals surface area contributed by atoms with Crippen LogP contribution in [0.25, 0.3) is 10.8 Å². The van der Waals surface area contributed by atoms with Gasteiger partial charge in [0.2, 0.25) is 0 Å². The van der Waals surface area contributed by atoms with Gasteiger partial charge in [-0.3, -0.25) is 0 Å². The molecule has 2 heteroatoms. The molecule has 1 unspecified atom stereocenters. The SMILES string of the molecule is CN(CC1CCC1)CC(N)c1ccc2ccccc2c1. The summed E-state index contributed by atoms with van der Waals surface area (Å²) in [5.41, 5.74) is 7.62. The molecule has 1 saturated carbocycles. The molecule has 0 heterocycles. The van der Waals surface area contributed by atoms with Crippen LogP contribution in [-0.4, -0.2) is 25.0 Å². The van der Waals surface area contributed by atoms with E-state index >= 15 is 0 Å². The number of rotatable bonds is 5. The van der Waals surface area contributed by atoms with E-state index in [1.54, 1.807) is 0 Å². The third kappa shape index (κ3) is 3.02. The molecule has 1 atom stereocenters. The van der Waals surface area contributed by atoms with Crippen molar-refractivity contribution in [3.8, 4) is 0 Å². The molecule has 0 aromatic heterocycles. The third-order valence-corrected chi connectivity index (χ3v) is 4.50. The van der Waals surface area contributed by atoms with Crippen molar-refractivity contribution in [3.63, 3.8) is 0 Å². The number of nitrogens with two attached hydrogens (primary N) is 1. The molecule has 20 heavy (non-hydrogen) atoms. The molecule has 0 spiro atoms. The molecule has 2 aromatic rings. The van der Waals surface area contributed by atoms with Gasteiger partial charge in [-0.2, -0.15) is 0 Å². The summed E-state index contributed by atoms with van der Waals surface area (Å²) in [6.07, 6.45) is 4.21. The van der Waals surface area contributed by atoms with E-state index in [0.29, 0.717) is 0 Å². The van der Waals surface area contributed by atoms with Gasteiger partial charge in [-0.05, 0) is 48.2 Å². The van der Waals surface area contributed by atoms with Gasteiger partial charge in [0.15, 0.2) is 0 Å². The number of benzene rings is 2. The van der Waals surface area contributed by atoms with Crippen LogP contribution in [0.2, 0.25) is 0 Å². The maximum Gasteiger partial charge on any atom is 0.0424 e. The fourth-order valence-electron chi connectivity index (χ4n) is 3.07. The Bertz CT molecular complexity index is 574. The Kier molecular flexibility index (Phi) is 4.04. The van der Waals surface area contributed by atoms with Crippen molar-refractivity contribution in [1.29, 1.82) is 0 Å². The Labute approximate surface area is 121 Å². The normalized spacial score (nSPS) is 17.4. The topological polar surface area (TPSA) is 29.3 Å². The van der Waals surface area contributed by atoms with Gasteiger partial charge in [-0.1, -0.05) is 42.8 Å². The molecule has 2 N–H and O–H groups in total. The second-order valence-electron chi connectivity index (χ2n) is 6.23. The molecule has 1 aliphatic rings. The number of hydrogen-bond acceptors (Lipinski definition) is 2. The van der Waals surface area contributed by atoms with E-state index in [9.17, 15) is 0 Å². The number of likely N-dealkylation sites (N-methyl/N-ethyl adjacent to an activating group) is 1. The molecule has 3 rings (SSSR count). The predicted molar refractivity (Wildman–Crippen MR) is 85.7 cm³/mol. The largest absolute Gasteiger partial charge is 0.323 e. The molecular weight excluding hydrogens is 244 g/mol. The van der Waals surface area contributed by atoms with Crippen molar-refractivity contribution < 1.29 is 0 Å². The minimum absolute atomic E-state index is 0.102. The van der Waals surface area contributed by atoms with Crippen molar-refractivity contribution in [1.82, 2.24) is 4.90 Å². The molecule has 2 aromatic carbocycles. The smallest absolute Gasteiger partial charge is 0.0424 e. The minimum atomic E-state index is 0.102. The Balaban J connectivity index is 1.66. The van der Waals surface area contributed by atoms with Crippen LogP contribution in [0.5, 0.6) is 0 Å². The first-order chi connectivity index (χ1) is 9.72. The average molecular weight is 268 g/mol. The number of hydrogen-bond donors (Lipinski definition) is 1. The van der Waals surface area contributed by atoms with Crippen LogP contribution in [0.3, 0.4) is 0 Å². The summed E-state index contributed by atoms with van der Waals surface area (Å²) in [6.45, 7) is 2.14.